The van der Waals surface area contributed by atoms with Crippen molar-refractivity contribution in [2.45, 2.75) is 33.1 Å². The zero-order valence-corrected chi connectivity index (χ0v) is 20.9. The van der Waals surface area contributed by atoms with Crippen molar-refractivity contribution in [1.29, 1.82) is 0 Å². The predicted molar refractivity (Wildman–Crippen MR) is 135 cm³/mol. The van der Waals surface area contributed by atoms with E-state index in [9.17, 15) is 4.79 Å². The number of para-hydroxylation sites is 1. The van der Waals surface area contributed by atoms with Crippen LogP contribution in [0.3, 0.4) is 0 Å². The lowest BCUT2D eigenvalue weighted by Gasteiger charge is -2.14. The van der Waals surface area contributed by atoms with Gasteiger partial charge in [0.25, 0.3) is 0 Å². The highest BCUT2D eigenvalue weighted by molar-refractivity contribution is 14.0. The van der Waals surface area contributed by atoms with Crippen molar-refractivity contribution in [2.75, 3.05) is 46.9 Å². The first kappa shape index (κ1) is 26.2. The Bertz CT molecular complexity index is 804. The molecule has 3 N–H and O–H groups in total. The number of halogens is 1. The molecule has 2 rings (SSSR count). The van der Waals surface area contributed by atoms with E-state index in [1.54, 1.807) is 19.0 Å². The summed E-state index contributed by atoms with van der Waals surface area (Å²) in [5, 5.41) is 7.91. The third-order valence-corrected chi connectivity index (χ3v) is 4.79. The zero-order valence-electron chi connectivity index (χ0n) is 18.6. The molecule has 1 heterocycles. The van der Waals surface area contributed by atoms with Crippen LogP contribution in [0.4, 0.5) is 0 Å². The van der Waals surface area contributed by atoms with Crippen molar-refractivity contribution in [1.82, 2.24) is 20.5 Å². The number of fused-ring (bicyclic) bond motifs is 1. The number of aromatic amines is 1. The molecule has 0 atom stereocenters. The first-order chi connectivity index (χ1) is 14.1. The molecule has 0 saturated carbocycles. The molecule has 7 nitrogen and oxygen atoms in total. The predicted octanol–water partition coefficient (Wildman–Crippen LogP) is 2.94. The van der Waals surface area contributed by atoms with Crippen LogP contribution in [0.5, 0.6) is 0 Å². The van der Waals surface area contributed by atoms with E-state index in [0.29, 0.717) is 12.6 Å². The van der Waals surface area contributed by atoms with E-state index in [2.05, 4.69) is 51.9 Å². The molecular weight excluding hydrogens is 493 g/mol. The smallest absolute Gasteiger partial charge is 0.243 e. The van der Waals surface area contributed by atoms with Crippen molar-refractivity contribution in [2.24, 2.45) is 4.99 Å². The Balaban J connectivity index is 0.00000450. The Hall–Kier alpha value is -1.81. The number of benzene rings is 1. The molecule has 1 aromatic carbocycles. The quantitative estimate of drug-likeness (QED) is 0.181. The molecule has 0 aliphatic rings. The summed E-state index contributed by atoms with van der Waals surface area (Å²) in [4.78, 5) is 21.3. The minimum atomic E-state index is -0.0239. The Morgan fingerprint density at radius 2 is 1.93 bits per heavy atom. The lowest BCUT2D eigenvalue weighted by molar-refractivity contribution is -0.127. The number of hydrogen-bond donors (Lipinski definition) is 3. The summed E-state index contributed by atoms with van der Waals surface area (Å²) in [6.07, 6.45) is 4.86. The van der Waals surface area contributed by atoms with Crippen LogP contribution in [0.1, 0.15) is 31.4 Å². The van der Waals surface area contributed by atoms with Gasteiger partial charge in [-0.15, -0.1) is 24.0 Å². The molecular formula is C22H36IN5O2. The summed E-state index contributed by atoms with van der Waals surface area (Å²) >= 11 is 0. The molecule has 0 aliphatic heterocycles. The second-order valence-electron chi connectivity index (χ2n) is 7.11. The summed E-state index contributed by atoms with van der Waals surface area (Å²) in [6, 6.07) is 6.45. The van der Waals surface area contributed by atoms with E-state index in [-0.39, 0.29) is 36.4 Å². The van der Waals surface area contributed by atoms with Gasteiger partial charge in [0.15, 0.2) is 5.96 Å². The highest BCUT2D eigenvalue weighted by atomic mass is 127. The Morgan fingerprint density at radius 1 is 1.17 bits per heavy atom. The summed E-state index contributed by atoms with van der Waals surface area (Å²) < 4.78 is 5.37. The highest BCUT2D eigenvalue weighted by Crippen LogP contribution is 2.22. The average Bonchev–Trinajstić information content (AvgIpc) is 3.14. The summed E-state index contributed by atoms with van der Waals surface area (Å²) in [6.45, 7) is 7.20. The number of amides is 1. The number of aliphatic imine (C=N–C) groups is 1. The number of carbonyl (C=O) groups is 1. The number of aryl methyl sites for hydroxylation is 1. The molecule has 0 fully saturated rings. The van der Waals surface area contributed by atoms with Crippen LogP contribution in [0.15, 0.2) is 29.4 Å². The largest absolute Gasteiger partial charge is 0.382 e. The Morgan fingerprint density at radius 3 is 2.63 bits per heavy atom. The van der Waals surface area contributed by atoms with Crippen LogP contribution in [0.25, 0.3) is 10.9 Å². The van der Waals surface area contributed by atoms with Gasteiger partial charge in [0.2, 0.25) is 5.91 Å². The summed E-state index contributed by atoms with van der Waals surface area (Å²) in [5.74, 6) is 0.634. The second-order valence-corrected chi connectivity index (χ2v) is 7.11. The van der Waals surface area contributed by atoms with Gasteiger partial charge >= 0.3 is 0 Å². The lowest BCUT2D eigenvalue weighted by atomic mass is 10.1. The van der Waals surface area contributed by atoms with E-state index < -0.39 is 0 Å². The van der Waals surface area contributed by atoms with Gasteiger partial charge in [0.05, 0.1) is 0 Å². The molecule has 1 aromatic heterocycles. The molecule has 168 valence electrons. The van der Waals surface area contributed by atoms with Crippen LogP contribution < -0.4 is 10.6 Å². The van der Waals surface area contributed by atoms with Crippen LogP contribution in [-0.2, 0) is 22.4 Å². The molecule has 0 radical (unpaired) electrons. The normalized spacial score (nSPS) is 11.3. The van der Waals surface area contributed by atoms with Crippen LogP contribution in [0.2, 0.25) is 0 Å². The first-order valence-corrected chi connectivity index (χ1v) is 10.4. The second kappa shape index (κ2) is 14.2. The molecule has 0 aliphatic carbocycles. The third-order valence-electron chi connectivity index (χ3n) is 4.79. The summed E-state index contributed by atoms with van der Waals surface area (Å²) in [7, 11) is 3.48. The highest BCUT2D eigenvalue weighted by Gasteiger charge is 2.08. The van der Waals surface area contributed by atoms with Crippen molar-refractivity contribution in [3.05, 3.63) is 35.5 Å². The van der Waals surface area contributed by atoms with Gasteiger partial charge in [-0.05, 0) is 37.3 Å². The number of aromatic nitrogens is 1. The topological polar surface area (TPSA) is 81.8 Å². The van der Waals surface area contributed by atoms with Gasteiger partial charge in [-0.2, -0.15) is 0 Å². The number of carbonyl (C=O) groups excluding carboxylic acids is 1. The molecule has 2 aromatic rings. The third kappa shape index (κ3) is 8.14. The van der Waals surface area contributed by atoms with Crippen molar-refractivity contribution in [3.63, 3.8) is 0 Å². The number of rotatable bonds is 11. The van der Waals surface area contributed by atoms with Gasteiger partial charge in [-0.3, -0.25) is 4.79 Å². The van der Waals surface area contributed by atoms with E-state index >= 15 is 0 Å². The molecule has 0 spiro atoms. The van der Waals surface area contributed by atoms with Gasteiger partial charge < -0.3 is 25.3 Å². The van der Waals surface area contributed by atoms with Crippen LogP contribution >= 0.6 is 24.0 Å². The number of H-pyrrole nitrogens is 1. The Labute approximate surface area is 197 Å². The number of nitrogens with zero attached hydrogens (tertiary/aromatic N) is 2. The van der Waals surface area contributed by atoms with Crippen molar-refractivity contribution >= 4 is 46.7 Å². The number of nitrogens with one attached hydrogen (secondary N) is 3. The molecule has 30 heavy (non-hydrogen) atoms. The first-order valence-electron chi connectivity index (χ1n) is 10.4. The fraction of sp³-hybridized carbons (Fsp3) is 0.545. The minimum absolute atomic E-state index is 0. The van der Waals surface area contributed by atoms with Gasteiger partial charge in [-0.1, -0.05) is 25.1 Å². The minimum Gasteiger partial charge on any atom is -0.382 e. The lowest BCUT2D eigenvalue weighted by Crippen LogP contribution is -2.40. The van der Waals surface area contributed by atoms with Crippen LogP contribution in [-0.4, -0.2) is 68.7 Å². The molecule has 0 unspecified atom stereocenters. The van der Waals surface area contributed by atoms with Gasteiger partial charge in [-0.25, -0.2) is 4.99 Å². The maximum Gasteiger partial charge on any atom is 0.243 e. The Kier molecular flexibility index (Phi) is 12.4. The SMILES string of the molecule is CCOCCCNC(=NCC(=O)N(C)C)NCCc1c[nH]c2c(CC)cccc12.I. The van der Waals surface area contributed by atoms with E-state index in [1.807, 2.05) is 6.92 Å². The average molecular weight is 529 g/mol. The number of likely N-dealkylation sites (N-methyl/N-ethyl adjacent to an activating group) is 1. The molecule has 0 bridgehead atoms. The molecule has 0 saturated heterocycles. The molecule has 1 amide bonds. The van der Waals surface area contributed by atoms with Crippen LogP contribution in [0, 0.1) is 0 Å². The van der Waals surface area contributed by atoms with Crippen molar-refractivity contribution < 1.29 is 9.53 Å². The maximum atomic E-state index is 11.9. The van der Waals surface area contributed by atoms with E-state index in [4.69, 9.17) is 4.74 Å². The fourth-order valence-corrected chi connectivity index (χ4v) is 3.08. The number of hydrogen-bond acceptors (Lipinski definition) is 3. The standard InChI is InChI=1S/C22H35N5O2.HI/c1-5-17-9-7-10-19-18(15-25-21(17)19)11-13-24-22(23-12-8-14-29-6-2)26-16-20(28)27(3)4;/h7,9-10,15,25H,5-6,8,11-14,16H2,1-4H3,(H2,23,24,26);1H. The van der Waals surface area contributed by atoms with Gasteiger partial charge in [0.1, 0.15) is 6.54 Å². The fourth-order valence-electron chi connectivity index (χ4n) is 3.08. The number of ether oxygens (including phenoxy) is 1. The maximum absolute atomic E-state index is 11.9. The zero-order chi connectivity index (χ0) is 21.1. The van der Waals surface area contributed by atoms with E-state index in [1.165, 1.54) is 22.0 Å². The summed E-state index contributed by atoms with van der Waals surface area (Å²) in [5.41, 5.74) is 3.84. The van der Waals surface area contributed by atoms with Crippen molar-refractivity contribution in [3.8, 4) is 0 Å². The monoisotopic (exact) mass is 529 g/mol. The van der Waals surface area contributed by atoms with E-state index in [0.717, 1.165) is 39.0 Å². The molecule has 8 heteroatoms. The number of guanidine groups is 1. The van der Waals surface area contributed by atoms with Gasteiger partial charge in [0, 0.05) is 57.5 Å².